The Morgan fingerprint density at radius 3 is 1.60 bits per heavy atom. The van der Waals surface area contributed by atoms with Gasteiger partial charge in [0.2, 0.25) is 0 Å². The summed E-state index contributed by atoms with van der Waals surface area (Å²) in [6.07, 6.45) is 16.5. The van der Waals surface area contributed by atoms with Crippen molar-refractivity contribution >= 4 is 0 Å². The highest BCUT2D eigenvalue weighted by molar-refractivity contribution is 4.58. The average molecular weight is 285 g/mol. The van der Waals surface area contributed by atoms with Gasteiger partial charge in [-0.1, -0.05) is 78.1 Å². The lowest BCUT2D eigenvalue weighted by Gasteiger charge is -2.12. The summed E-state index contributed by atoms with van der Waals surface area (Å²) >= 11 is 0. The molecule has 0 radical (unpaired) electrons. The second kappa shape index (κ2) is 17.0. The van der Waals surface area contributed by atoms with Crippen molar-refractivity contribution in [1.82, 2.24) is 5.32 Å². The zero-order chi connectivity index (χ0) is 14.9. The van der Waals surface area contributed by atoms with E-state index in [0.29, 0.717) is 0 Å². The monoisotopic (exact) mass is 284 g/mol. The molecule has 0 aliphatic heterocycles. The summed E-state index contributed by atoms with van der Waals surface area (Å²) in [6.45, 7) is 7.90. The van der Waals surface area contributed by atoms with Gasteiger partial charge in [-0.2, -0.15) is 0 Å². The van der Waals surface area contributed by atoms with Gasteiger partial charge in [0, 0.05) is 0 Å². The predicted octanol–water partition coefficient (Wildman–Crippen LogP) is 4.87. The number of nitrogens with one attached hydrogen (secondary N) is 1. The second-order valence-electron chi connectivity index (χ2n) is 6.21. The maximum absolute atomic E-state index is 5.49. The van der Waals surface area contributed by atoms with Crippen LogP contribution in [-0.2, 0) is 0 Å². The Morgan fingerprint density at radius 2 is 1.15 bits per heavy atom. The molecule has 0 rings (SSSR count). The third-order valence-electron chi connectivity index (χ3n) is 4.40. The lowest BCUT2D eigenvalue weighted by atomic mass is 10.0. The highest BCUT2D eigenvalue weighted by atomic mass is 14.8. The summed E-state index contributed by atoms with van der Waals surface area (Å²) in [6, 6.07) is 0. The molecule has 0 aliphatic carbocycles. The van der Waals surface area contributed by atoms with Crippen LogP contribution >= 0.6 is 0 Å². The molecule has 2 heteroatoms. The molecule has 0 unspecified atom stereocenters. The fourth-order valence-corrected chi connectivity index (χ4v) is 2.69. The molecule has 0 aliphatic rings. The van der Waals surface area contributed by atoms with Gasteiger partial charge in [-0.05, 0) is 38.4 Å². The van der Waals surface area contributed by atoms with Crippen molar-refractivity contribution in [1.29, 1.82) is 0 Å². The molecule has 0 fully saturated rings. The number of hydrogen-bond donors (Lipinski definition) is 2. The molecule has 0 atom stereocenters. The van der Waals surface area contributed by atoms with Gasteiger partial charge in [0.1, 0.15) is 0 Å². The SMILES string of the molecule is CCC(CC)CNCCCCCCCCCCCCN. The zero-order valence-electron chi connectivity index (χ0n) is 14.3. The Labute approximate surface area is 128 Å². The quantitative estimate of drug-likeness (QED) is 0.397. The second-order valence-corrected chi connectivity index (χ2v) is 6.21. The third kappa shape index (κ3) is 14.3. The topological polar surface area (TPSA) is 38.0 Å². The van der Waals surface area contributed by atoms with Gasteiger partial charge in [0.15, 0.2) is 0 Å². The van der Waals surface area contributed by atoms with Crippen LogP contribution in [0.25, 0.3) is 0 Å². The van der Waals surface area contributed by atoms with Gasteiger partial charge in [-0.15, -0.1) is 0 Å². The van der Waals surface area contributed by atoms with Crippen LogP contribution in [0.15, 0.2) is 0 Å². The van der Waals surface area contributed by atoms with Crippen molar-refractivity contribution in [3.63, 3.8) is 0 Å². The Kier molecular flexibility index (Phi) is 16.9. The van der Waals surface area contributed by atoms with Crippen LogP contribution in [0.5, 0.6) is 0 Å². The molecule has 20 heavy (non-hydrogen) atoms. The van der Waals surface area contributed by atoms with Crippen molar-refractivity contribution in [2.24, 2.45) is 11.7 Å². The Balaban J connectivity index is 3.02. The largest absolute Gasteiger partial charge is 0.330 e. The van der Waals surface area contributed by atoms with Gasteiger partial charge in [0.25, 0.3) is 0 Å². The van der Waals surface area contributed by atoms with E-state index in [1.54, 1.807) is 0 Å². The van der Waals surface area contributed by atoms with Crippen molar-refractivity contribution < 1.29 is 0 Å². The van der Waals surface area contributed by atoms with Crippen LogP contribution in [-0.4, -0.2) is 19.6 Å². The lowest BCUT2D eigenvalue weighted by Crippen LogP contribution is -2.23. The first kappa shape index (κ1) is 19.9. The van der Waals surface area contributed by atoms with Crippen molar-refractivity contribution in [3.05, 3.63) is 0 Å². The highest BCUT2D eigenvalue weighted by Crippen LogP contribution is 2.10. The first-order valence-corrected chi connectivity index (χ1v) is 9.25. The molecule has 0 aromatic rings. The van der Waals surface area contributed by atoms with Gasteiger partial charge in [-0.25, -0.2) is 0 Å². The molecule has 0 saturated carbocycles. The molecule has 0 heterocycles. The number of rotatable bonds is 16. The zero-order valence-corrected chi connectivity index (χ0v) is 14.3. The number of nitrogens with two attached hydrogens (primary N) is 1. The van der Waals surface area contributed by atoms with E-state index in [1.165, 1.54) is 90.1 Å². The molecule has 122 valence electrons. The van der Waals surface area contributed by atoms with Crippen LogP contribution in [0, 0.1) is 5.92 Å². The van der Waals surface area contributed by atoms with E-state index in [0.717, 1.165) is 12.5 Å². The van der Waals surface area contributed by atoms with Crippen molar-refractivity contribution in [2.45, 2.75) is 90.9 Å². The van der Waals surface area contributed by atoms with Gasteiger partial charge < -0.3 is 11.1 Å². The van der Waals surface area contributed by atoms with Crippen LogP contribution in [0.2, 0.25) is 0 Å². The minimum Gasteiger partial charge on any atom is -0.330 e. The summed E-state index contributed by atoms with van der Waals surface area (Å²) in [5, 5.41) is 3.61. The fourth-order valence-electron chi connectivity index (χ4n) is 2.69. The Hall–Kier alpha value is -0.0800. The Bertz CT molecular complexity index is 167. The molecule has 0 amide bonds. The van der Waals surface area contributed by atoms with Gasteiger partial charge in [-0.3, -0.25) is 0 Å². The maximum Gasteiger partial charge on any atom is -0.00207 e. The fraction of sp³-hybridized carbons (Fsp3) is 1.00. The first-order chi connectivity index (χ1) is 9.85. The molecule has 0 spiro atoms. The standard InChI is InChI=1S/C18H40N2/c1-3-18(4-2)17-20-16-14-12-10-8-6-5-7-9-11-13-15-19/h18,20H,3-17,19H2,1-2H3. The van der Waals surface area contributed by atoms with E-state index in [9.17, 15) is 0 Å². The smallest absolute Gasteiger partial charge is 0.00207 e. The summed E-state index contributed by atoms with van der Waals surface area (Å²) in [7, 11) is 0. The van der Waals surface area contributed by atoms with Crippen LogP contribution in [0.3, 0.4) is 0 Å². The minimum atomic E-state index is 0.866. The first-order valence-electron chi connectivity index (χ1n) is 9.25. The molecule has 0 bridgehead atoms. The van der Waals surface area contributed by atoms with E-state index in [4.69, 9.17) is 5.73 Å². The molecular formula is C18H40N2. The summed E-state index contributed by atoms with van der Waals surface area (Å²) in [5.74, 6) is 0.884. The molecule has 0 saturated heterocycles. The van der Waals surface area contributed by atoms with Crippen LogP contribution in [0.4, 0.5) is 0 Å². The summed E-state index contributed by atoms with van der Waals surface area (Å²) in [4.78, 5) is 0. The minimum absolute atomic E-state index is 0.866. The third-order valence-corrected chi connectivity index (χ3v) is 4.40. The van der Waals surface area contributed by atoms with Crippen LogP contribution in [0.1, 0.15) is 90.9 Å². The number of unbranched alkanes of at least 4 members (excludes halogenated alkanes) is 9. The van der Waals surface area contributed by atoms with E-state index in [1.807, 2.05) is 0 Å². The normalized spacial score (nSPS) is 11.4. The average Bonchev–Trinajstić information content (AvgIpc) is 2.48. The van der Waals surface area contributed by atoms with Crippen LogP contribution < -0.4 is 11.1 Å². The van der Waals surface area contributed by atoms with E-state index in [-0.39, 0.29) is 0 Å². The summed E-state index contributed by atoms with van der Waals surface area (Å²) < 4.78 is 0. The van der Waals surface area contributed by atoms with E-state index < -0.39 is 0 Å². The molecular weight excluding hydrogens is 244 g/mol. The van der Waals surface area contributed by atoms with E-state index in [2.05, 4.69) is 19.2 Å². The molecule has 3 N–H and O–H groups in total. The van der Waals surface area contributed by atoms with E-state index >= 15 is 0 Å². The maximum atomic E-state index is 5.49. The number of hydrogen-bond acceptors (Lipinski definition) is 2. The lowest BCUT2D eigenvalue weighted by molar-refractivity contribution is 0.443. The van der Waals surface area contributed by atoms with Crippen molar-refractivity contribution in [3.8, 4) is 0 Å². The molecule has 0 aromatic carbocycles. The summed E-state index contributed by atoms with van der Waals surface area (Å²) in [5.41, 5.74) is 5.49. The highest BCUT2D eigenvalue weighted by Gasteiger charge is 2.01. The van der Waals surface area contributed by atoms with Gasteiger partial charge in [0.05, 0.1) is 0 Å². The molecule has 2 nitrogen and oxygen atoms in total. The Morgan fingerprint density at radius 1 is 0.700 bits per heavy atom. The van der Waals surface area contributed by atoms with Crippen molar-refractivity contribution in [2.75, 3.05) is 19.6 Å². The molecule has 0 aromatic heterocycles. The predicted molar refractivity (Wildman–Crippen MR) is 92.2 cm³/mol. The van der Waals surface area contributed by atoms with Gasteiger partial charge >= 0.3 is 0 Å².